The quantitative estimate of drug-likeness (QED) is 0.870. The molecule has 8 heteroatoms. The Balaban J connectivity index is 1.57. The number of amides is 1. The van der Waals surface area contributed by atoms with Gasteiger partial charge in [0.25, 0.3) is 5.91 Å². The molecular weight excluding hydrogens is 354 g/mol. The molecule has 0 aromatic carbocycles. The van der Waals surface area contributed by atoms with Crippen molar-refractivity contribution in [1.29, 1.82) is 0 Å². The molecule has 2 aromatic rings. The number of halogens is 1. The molecule has 4 heterocycles. The maximum atomic E-state index is 13.2. The summed E-state index contributed by atoms with van der Waals surface area (Å²) < 4.78 is 6.67. The van der Waals surface area contributed by atoms with Gasteiger partial charge in [-0.1, -0.05) is 16.8 Å². The Bertz CT molecular complexity index is 812. The van der Waals surface area contributed by atoms with E-state index in [1.165, 1.54) is 17.5 Å². The Hall–Kier alpha value is -1.86. The molecular formula is C18H24ClN5O2. The van der Waals surface area contributed by atoms with Crippen LogP contribution in [0.15, 0.2) is 10.6 Å². The van der Waals surface area contributed by atoms with E-state index in [4.69, 9.17) is 16.1 Å². The molecule has 2 aliphatic rings. The van der Waals surface area contributed by atoms with Crippen LogP contribution in [0.4, 0.5) is 0 Å². The summed E-state index contributed by atoms with van der Waals surface area (Å²) >= 11 is 6.41. The molecule has 2 saturated heterocycles. The van der Waals surface area contributed by atoms with Crippen LogP contribution in [0.25, 0.3) is 11.4 Å². The number of hydrogen-bond acceptors (Lipinski definition) is 5. The highest BCUT2D eigenvalue weighted by atomic mass is 35.5. The molecule has 2 aliphatic heterocycles. The van der Waals surface area contributed by atoms with Crippen LogP contribution in [0.2, 0.25) is 5.15 Å². The van der Waals surface area contributed by atoms with Gasteiger partial charge in [0.05, 0.1) is 0 Å². The summed E-state index contributed by atoms with van der Waals surface area (Å²) in [4.78, 5) is 15.1. The van der Waals surface area contributed by atoms with Crippen LogP contribution >= 0.6 is 11.6 Å². The maximum Gasteiger partial charge on any atom is 0.259 e. The lowest BCUT2D eigenvalue weighted by atomic mass is 9.71. The normalized spacial score (nSPS) is 19.9. The van der Waals surface area contributed by atoms with E-state index in [0.717, 1.165) is 39.0 Å². The zero-order valence-electron chi connectivity index (χ0n) is 15.2. The maximum absolute atomic E-state index is 13.2. The van der Waals surface area contributed by atoms with E-state index in [1.54, 1.807) is 13.1 Å². The van der Waals surface area contributed by atoms with E-state index in [9.17, 15) is 4.79 Å². The molecule has 26 heavy (non-hydrogen) atoms. The number of hydrogen-bond donors (Lipinski definition) is 1. The fourth-order valence-electron chi connectivity index (χ4n) is 4.15. The first-order valence-electron chi connectivity index (χ1n) is 9.15. The lowest BCUT2D eigenvalue weighted by molar-refractivity contribution is 0.0496. The Kier molecular flexibility index (Phi) is 4.52. The second-order valence-electron chi connectivity index (χ2n) is 7.50. The van der Waals surface area contributed by atoms with Crippen LogP contribution in [-0.4, -0.2) is 51.9 Å². The minimum atomic E-state index is -0.0671. The Morgan fingerprint density at radius 2 is 1.96 bits per heavy atom. The molecule has 1 N–H and O–H groups in total. The summed E-state index contributed by atoms with van der Waals surface area (Å²) in [5.41, 5.74) is 1.85. The minimum absolute atomic E-state index is 0.0671. The summed E-state index contributed by atoms with van der Waals surface area (Å²) in [5, 5.41) is 12.2. The van der Waals surface area contributed by atoms with E-state index in [-0.39, 0.29) is 5.91 Å². The number of aromatic nitrogens is 3. The molecule has 2 aromatic heterocycles. The van der Waals surface area contributed by atoms with Crippen molar-refractivity contribution in [3.05, 3.63) is 22.5 Å². The van der Waals surface area contributed by atoms with Crippen molar-refractivity contribution in [1.82, 2.24) is 25.2 Å². The van der Waals surface area contributed by atoms with Crippen LogP contribution in [0.1, 0.15) is 41.8 Å². The average Bonchev–Trinajstić information content (AvgIpc) is 3.20. The van der Waals surface area contributed by atoms with Gasteiger partial charge in [-0.15, -0.1) is 0 Å². The van der Waals surface area contributed by atoms with Crippen molar-refractivity contribution < 1.29 is 9.32 Å². The molecule has 0 radical (unpaired) electrons. The summed E-state index contributed by atoms with van der Waals surface area (Å²) in [5.74, 6) is 0.605. The van der Waals surface area contributed by atoms with E-state index in [1.807, 2.05) is 11.8 Å². The number of nitrogens with one attached hydrogen (secondary N) is 1. The van der Waals surface area contributed by atoms with Crippen LogP contribution in [0.3, 0.4) is 0 Å². The molecule has 0 aliphatic carbocycles. The van der Waals surface area contributed by atoms with Gasteiger partial charge < -0.3 is 14.7 Å². The topological polar surface area (TPSA) is 76.2 Å². The summed E-state index contributed by atoms with van der Waals surface area (Å²) in [6, 6.07) is 1.77. The monoisotopic (exact) mass is 377 g/mol. The van der Waals surface area contributed by atoms with E-state index in [0.29, 0.717) is 33.3 Å². The first-order chi connectivity index (χ1) is 12.5. The molecule has 4 rings (SSSR count). The van der Waals surface area contributed by atoms with Gasteiger partial charge in [-0.3, -0.25) is 9.48 Å². The molecule has 0 saturated carbocycles. The van der Waals surface area contributed by atoms with Crippen LogP contribution in [0, 0.1) is 12.3 Å². The van der Waals surface area contributed by atoms with Crippen LogP contribution in [-0.2, 0) is 7.05 Å². The molecule has 0 bridgehead atoms. The highest BCUT2D eigenvalue weighted by Gasteiger charge is 2.38. The van der Waals surface area contributed by atoms with E-state index < -0.39 is 0 Å². The zero-order valence-corrected chi connectivity index (χ0v) is 16.0. The molecule has 2 fully saturated rings. The fraction of sp³-hybridized carbons (Fsp3) is 0.611. The van der Waals surface area contributed by atoms with Crippen molar-refractivity contribution in [2.24, 2.45) is 12.5 Å². The SMILES string of the molecule is Cc1cc(-c2nn(C)c(Cl)c2C(=O)N2CCC3(CCNCC3)CC2)no1. The van der Waals surface area contributed by atoms with Crippen molar-refractivity contribution in [3.63, 3.8) is 0 Å². The van der Waals surface area contributed by atoms with Crippen molar-refractivity contribution in [3.8, 4) is 11.4 Å². The van der Waals surface area contributed by atoms with Gasteiger partial charge >= 0.3 is 0 Å². The Morgan fingerprint density at radius 3 is 2.58 bits per heavy atom. The van der Waals surface area contributed by atoms with Gasteiger partial charge in [0.1, 0.15) is 27.9 Å². The minimum Gasteiger partial charge on any atom is -0.361 e. The first-order valence-corrected chi connectivity index (χ1v) is 9.53. The van der Waals surface area contributed by atoms with Gasteiger partial charge in [0.15, 0.2) is 0 Å². The second-order valence-corrected chi connectivity index (χ2v) is 7.86. The molecule has 1 spiro atoms. The highest BCUT2D eigenvalue weighted by molar-refractivity contribution is 6.33. The van der Waals surface area contributed by atoms with Crippen molar-refractivity contribution in [2.75, 3.05) is 26.2 Å². The van der Waals surface area contributed by atoms with Crippen molar-refractivity contribution >= 4 is 17.5 Å². The first kappa shape index (κ1) is 17.5. The lowest BCUT2D eigenvalue weighted by Crippen LogP contribution is -2.47. The third-order valence-corrected chi connectivity index (χ3v) is 6.27. The lowest BCUT2D eigenvalue weighted by Gasteiger charge is -2.44. The van der Waals surface area contributed by atoms with Gasteiger partial charge in [0, 0.05) is 26.2 Å². The van der Waals surface area contributed by atoms with Gasteiger partial charge in [-0.25, -0.2) is 0 Å². The summed E-state index contributed by atoms with van der Waals surface area (Å²) in [6.07, 6.45) is 4.51. The molecule has 140 valence electrons. The number of carbonyl (C=O) groups excluding carboxylic acids is 1. The predicted molar refractivity (Wildman–Crippen MR) is 98.1 cm³/mol. The Morgan fingerprint density at radius 1 is 1.27 bits per heavy atom. The smallest absolute Gasteiger partial charge is 0.259 e. The largest absolute Gasteiger partial charge is 0.361 e. The molecule has 1 amide bonds. The van der Waals surface area contributed by atoms with Crippen LogP contribution in [0.5, 0.6) is 0 Å². The number of rotatable bonds is 2. The van der Waals surface area contributed by atoms with E-state index >= 15 is 0 Å². The second kappa shape index (κ2) is 6.70. The van der Waals surface area contributed by atoms with Gasteiger partial charge in [-0.05, 0) is 51.1 Å². The molecule has 7 nitrogen and oxygen atoms in total. The highest BCUT2D eigenvalue weighted by Crippen LogP contribution is 2.40. The number of piperidine rings is 2. The number of aryl methyl sites for hydroxylation is 2. The third kappa shape index (κ3) is 3.03. The van der Waals surface area contributed by atoms with Crippen molar-refractivity contribution in [2.45, 2.75) is 32.6 Å². The summed E-state index contributed by atoms with van der Waals surface area (Å²) in [7, 11) is 1.73. The molecule has 0 unspecified atom stereocenters. The summed E-state index contributed by atoms with van der Waals surface area (Å²) in [6.45, 7) is 5.50. The van der Waals surface area contributed by atoms with Gasteiger partial charge in [0.2, 0.25) is 0 Å². The number of nitrogens with zero attached hydrogens (tertiary/aromatic N) is 4. The number of carbonyl (C=O) groups is 1. The third-order valence-electron chi connectivity index (χ3n) is 5.84. The van der Waals surface area contributed by atoms with Crippen LogP contribution < -0.4 is 5.32 Å². The average molecular weight is 378 g/mol. The Labute approximate surface area is 157 Å². The van der Waals surface area contributed by atoms with Gasteiger partial charge in [-0.2, -0.15) is 5.10 Å². The predicted octanol–water partition coefficient (Wildman–Crippen LogP) is 2.64. The number of likely N-dealkylation sites (tertiary alicyclic amines) is 1. The zero-order chi connectivity index (χ0) is 18.3. The van der Waals surface area contributed by atoms with E-state index in [2.05, 4.69) is 15.6 Å². The fourth-order valence-corrected chi connectivity index (χ4v) is 4.36. The standard InChI is InChI=1S/C18H24ClN5O2/c1-12-11-13(22-26-12)15-14(16(19)23(2)21-15)17(25)24-9-5-18(6-10-24)3-7-20-8-4-18/h11,20H,3-10H2,1-2H3. The molecule has 0 atom stereocenters.